The van der Waals surface area contributed by atoms with Gasteiger partial charge in [0.15, 0.2) is 0 Å². The molecule has 2 rings (SSSR count). The van der Waals surface area contributed by atoms with Crippen molar-refractivity contribution >= 4 is 5.91 Å². The zero-order chi connectivity index (χ0) is 16.7. The van der Waals surface area contributed by atoms with E-state index in [1.54, 1.807) is 12.1 Å². The van der Waals surface area contributed by atoms with Crippen LogP contribution >= 0.6 is 0 Å². The molecule has 0 radical (unpaired) electrons. The molecule has 0 bridgehead atoms. The highest BCUT2D eigenvalue weighted by Crippen LogP contribution is 2.34. The highest BCUT2D eigenvalue weighted by atomic mass is 19.1. The first kappa shape index (κ1) is 17.9. The molecule has 0 aliphatic carbocycles. The lowest BCUT2D eigenvalue weighted by molar-refractivity contribution is -0.133. The van der Waals surface area contributed by atoms with E-state index in [1.807, 2.05) is 19.9 Å². The summed E-state index contributed by atoms with van der Waals surface area (Å²) in [5.74, 6) is -0.350. The monoisotopic (exact) mass is 323 g/mol. The standard InChI is InChI=1S/C18H26FNO3/c1-3-16(23-4-2)17(21)20-13-18(8-10-22-11-9-18)14-6-5-7-15(19)12-14/h5-7,12,16H,3-4,8-11,13H2,1-2H3,(H,20,21)/t16-/m0/s1. The second-order valence-corrected chi connectivity index (χ2v) is 5.97. The molecule has 1 amide bonds. The number of halogens is 1. The zero-order valence-electron chi connectivity index (χ0n) is 13.9. The predicted molar refractivity (Wildman–Crippen MR) is 86.8 cm³/mol. The molecule has 128 valence electrons. The van der Waals surface area contributed by atoms with Gasteiger partial charge in [0.05, 0.1) is 0 Å². The smallest absolute Gasteiger partial charge is 0.249 e. The van der Waals surface area contributed by atoms with Crippen LogP contribution in [0.2, 0.25) is 0 Å². The van der Waals surface area contributed by atoms with E-state index in [2.05, 4.69) is 5.32 Å². The minimum atomic E-state index is -0.426. The Morgan fingerprint density at radius 2 is 2.13 bits per heavy atom. The Hall–Kier alpha value is -1.46. The summed E-state index contributed by atoms with van der Waals surface area (Å²) in [7, 11) is 0. The number of carbonyl (C=O) groups excluding carboxylic acids is 1. The first-order chi connectivity index (χ1) is 11.1. The van der Waals surface area contributed by atoms with E-state index in [4.69, 9.17) is 9.47 Å². The molecule has 23 heavy (non-hydrogen) atoms. The van der Waals surface area contributed by atoms with E-state index >= 15 is 0 Å². The summed E-state index contributed by atoms with van der Waals surface area (Å²) in [6.45, 7) is 6.03. The van der Waals surface area contributed by atoms with Gasteiger partial charge < -0.3 is 14.8 Å². The highest BCUT2D eigenvalue weighted by Gasteiger charge is 2.35. The molecule has 1 heterocycles. The van der Waals surface area contributed by atoms with E-state index in [0.29, 0.717) is 32.8 Å². The van der Waals surface area contributed by atoms with Crippen LogP contribution in [0.1, 0.15) is 38.7 Å². The number of benzene rings is 1. The topological polar surface area (TPSA) is 47.6 Å². The average Bonchev–Trinajstić information content (AvgIpc) is 2.58. The Labute approximate surface area is 137 Å². The second-order valence-electron chi connectivity index (χ2n) is 5.97. The Morgan fingerprint density at radius 3 is 2.74 bits per heavy atom. The summed E-state index contributed by atoms with van der Waals surface area (Å²) < 4.78 is 24.5. The van der Waals surface area contributed by atoms with Gasteiger partial charge in [-0.2, -0.15) is 0 Å². The van der Waals surface area contributed by atoms with Gasteiger partial charge in [-0.25, -0.2) is 4.39 Å². The zero-order valence-corrected chi connectivity index (χ0v) is 13.9. The van der Waals surface area contributed by atoms with Gasteiger partial charge in [-0.1, -0.05) is 19.1 Å². The second kappa shape index (κ2) is 8.41. The van der Waals surface area contributed by atoms with Crippen LogP contribution in [0.4, 0.5) is 4.39 Å². The number of amides is 1. The summed E-state index contributed by atoms with van der Waals surface area (Å²) in [6.07, 6.45) is 1.74. The fraction of sp³-hybridized carbons (Fsp3) is 0.611. The third kappa shape index (κ3) is 4.52. The maximum atomic E-state index is 13.6. The van der Waals surface area contributed by atoms with Crippen LogP contribution < -0.4 is 5.32 Å². The van der Waals surface area contributed by atoms with Crippen LogP contribution in [0, 0.1) is 5.82 Å². The maximum Gasteiger partial charge on any atom is 0.249 e. The van der Waals surface area contributed by atoms with Crippen molar-refractivity contribution in [1.82, 2.24) is 5.32 Å². The number of carbonyl (C=O) groups is 1. The molecule has 1 aromatic carbocycles. The van der Waals surface area contributed by atoms with E-state index < -0.39 is 6.10 Å². The summed E-state index contributed by atoms with van der Waals surface area (Å²) in [4.78, 5) is 12.3. The van der Waals surface area contributed by atoms with Crippen molar-refractivity contribution in [3.8, 4) is 0 Å². The van der Waals surface area contributed by atoms with Crippen molar-refractivity contribution in [2.24, 2.45) is 0 Å². The molecule has 1 aliphatic heterocycles. The minimum Gasteiger partial charge on any atom is -0.381 e. The molecule has 0 saturated carbocycles. The lowest BCUT2D eigenvalue weighted by Gasteiger charge is -2.38. The molecular formula is C18H26FNO3. The van der Waals surface area contributed by atoms with Crippen molar-refractivity contribution in [1.29, 1.82) is 0 Å². The molecule has 1 aliphatic rings. The first-order valence-corrected chi connectivity index (χ1v) is 8.34. The average molecular weight is 323 g/mol. The van der Waals surface area contributed by atoms with Gasteiger partial charge in [0.1, 0.15) is 11.9 Å². The molecule has 1 atom stereocenters. The van der Waals surface area contributed by atoms with E-state index in [-0.39, 0.29) is 17.1 Å². The van der Waals surface area contributed by atoms with Crippen LogP contribution in [0.25, 0.3) is 0 Å². The first-order valence-electron chi connectivity index (χ1n) is 8.34. The largest absolute Gasteiger partial charge is 0.381 e. The molecule has 1 N–H and O–H groups in total. The third-order valence-electron chi connectivity index (χ3n) is 4.52. The van der Waals surface area contributed by atoms with Gasteiger partial charge >= 0.3 is 0 Å². The molecule has 5 heteroatoms. The lowest BCUT2D eigenvalue weighted by atomic mass is 9.74. The van der Waals surface area contributed by atoms with Gasteiger partial charge in [0.25, 0.3) is 0 Å². The van der Waals surface area contributed by atoms with Gasteiger partial charge in [-0.05, 0) is 43.9 Å². The summed E-state index contributed by atoms with van der Waals surface area (Å²) in [5.41, 5.74) is 0.645. The summed E-state index contributed by atoms with van der Waals surface area (Å²) >= 11 is 0. The summed E-state index contributed by atoms with van der Waals surface area (Å²) in [5, 5.41) is 3.01. The van der Waals surface area contributed by atoms with E-state index in [9.17, 15) is 9.18 Å². The van der Waals surface area contributed by atoms with Gasteiger partial charge in [-0.15, -0.1) is 0 Å². The lowest BCUT2D eigenvalue weighted by Crippen LogP contribution is -2.47. The SMILES string of the molecule is CCO[C@@H](CC)C(=O)NCC1(c2cccc(F)c2)CCOCC1. The number of hydrogen-bond donors (Lipinski definition) is 1. The molecule has 0 spiro atoms. The van der Waals surface area contributed by atoms with Gasteiger partial charge in [0.2, 0.25) is 5.91 Å². The van der Waals surface area contributed by atoms with Crippen LogP contribution in [0.5, 0.6) is 0 Å². The molecule has 1 fully saturated rings. The Bertz CT molecular complexity index is 515. The number of rotatable bonds is 7. The quantitative estimate of drug-likeness (QED) is 0.839. The van der Waals surface area contributed by atoms with Crippen molar-refractivity contribution in [3.63, 3.8) is 0 Å². The highest BCUT2D eigenvalue weighted by molar-refractivity contribution is 5.80. The van der Waals surface area contributed by atoms with Crippen molar-refractivity contribution in [2.75, 3.05) is 26.4 Å². The van der Waals surface area contributed by atoms with Gasteiger partial charge in [-0.3, -0.25) is 4.79 Å². The Balaban J connectivity index is 2.11. The Kier molecular flexibility index (Phi) is 6.54. The van der Waals surface area contributed by atoms with E-state index in [1.165, 1.54) is 6.07 Å². The predicted octanol–water partition coefficient (Wildman–Crippen LogP) is 2.81. The fourth-order valence-corrected chi connectivity index (χ4v) is 3.10. The van der Waals surface area contributed by atoms with Crippen molar-refractivity contribution in [2.45, 2.75) is 44.6 Å². The molecular weight excluding hydrogens is 297 g/mol. The van der Waals surface area contributed by atoms with Crippen LogP contribution in [-0.4, -0.2) is 38.4 Å². The number of nitrogens with one attached hydrogen (secondary N) is 1. The summed E-state index contributed by atoms with van der Waals surface area (Å²) in [6, 6.07) is 6.66. The van der Waals surface area contributed by atoms with Crippen LogP contribution in [-0.2, 0) is 19.7 Å². The van der Waals surface area contributed by atoms with Crippen LogP contribution in [0.3, 0.4) is 0 Å². The van der Waals surface area contributed by atoms with Gasteiger partial charge in [0, 0.05) is 31.8 Å². The van der Waals surface area contributed by atoms with Crippen molar-refractivity contribution < 1.29 is 18.7 Å². The molecule has 0 aromatic heterocycles. The normalized spacial score (nSPS) is 18.4. The molecule has 4 nitrogen and oxygen atoms in total. The van der Waals surface area contributed by atoms with E-state index in [0.717, 1.165) is 18.4 Å². The number of hydrogen-bond acceptors (Lipinski definition) is 3. The maximum absolute atomic E-state index is 13.6. The van der Waals surface area contributed by atoms with Crippen molar-refractivity contribution in [3.05, 3.63) is 35.6 Å². The van der Waals surface area contributed by atoms with Crippen LogP contribution in [0.15, 0.2) is 24.3 Å². The Morgan fingerprint density at radius 1 is 1.39 bits per heavy atom. The molecule has 1 aromatic rings. The molecule has 1 saturated heterocycles. The fourth-order valence-electron chi connectivity index (χ4n) is 3.10. The minimum absolute atomic E-state index is 0.100. The third-order valence-corrected chi connectivity index (χ3v) is 4.52. The molecule has 0 unspecified atom stereocenters. The number of ether oxygens (including phenoxy) is 2.